The normalized spacial score (nSPS) is 26.0. The predicted octanol–water partition coefficient (Wildman–Crippen LogP) is 1.34. The molecule has 0 unspecified atom stereocenters. The van der Waals surface area contributed by atoms with Crippen LogP contribution in [-0.2, 0) is 4.79 Å². The van der Waals surface area contributed by atoms with Crippen LogP contribution in [0.25, 0.3) is 0 Å². The fourth-order valence-electron chi connectivity index (χ4n) is 1.74. The Morgan fingerprint density at radius 2 is 2.40 bits per heavy atom. The summed E-state index contributed by atoms with van der Waals surface area (Å²) in [4.78, 5) is 22.6. The highest BCUT2D eigenvalue weighted by Gasteiger charge is 2.38. The molecule has 0 spiro atoms. The van der Waals surface area contributed by atoms with E-state index in [1.165, 1.54) is 11.3 Å². The first-order valence-electron chi connectivity index (χ1n) is 4.65. The molecule has 2 atom stereocenters. The summed E-state index contributed by atoms with van der Waals surface area (Å²) < 4.78 is 0. The number of nitrogens with one attached hydrogen (secondary N) is 1. The van der Waals surface area contributed by atoms with Crippen molar-refractivity contribution in [1.82, 2.24) is 5.32 Å². The lowest BCUT2D eigenvalue weighted by molar-refractivity contribution is -0.529. The minimum atomic E-state index is -0.693. The van der Waals surface area contributed by atoms with Gasteiger partial charge in [-0.15, -0.1) is 11.3 Å². The molecule has 0 aliphatic carbocycles. The molecule has 1 fully saturated rings. The Morgan fingerprint density at radius 1 is 1.60 bits per heavy atom. The molecule has 0 aromatic carbocycles. The highest BCUT2D eigenvalue weighted by Crippen LogP contribution is 2.28. The minimum absolute atomic E-state index is 0.105. The van der Waals surface area contributed by atoms with Crippen molar-refractivity contribution in [2.45, 2.75) is 24.9 Å². The van der Waals surface area contributed by atoms with Crippen molar-refractivity contribution in [2.75, 3.05) is 0 Å². The Balaban J connectivity index is 2.24. The first kappa shape index (κ1) is 10.1. The van der Waals surface area contributed by atoms with Gasteiger partial charge in [0.25, 0.3) is 0 Å². The molecule has 1 amide bonds. The molecule has 15 heavy (non-hydrogen) atoms. The molecular formula is C9H10N2O3S. The van der Waals surface area contributed by atoms with E-state index in [0.717, 1.165) is 4.88 Å². The highest BCUT2D eigenvalue weighted by molar-refractivity contribution is 7.10. The SMILES string of the molecule is O=C1CC[C@@H]([N+](=O)[O-])[C@H](c2cccs2)N1. The molecule has 2 heterocycles. The van der Waals surface area contributed by atoms with Gasteiger partial charge in [0.2, 0.25) is 11.9 Å². The van der Waals surface area contributed by atoms with Gasteiger partial charge < -0.3 is 5.32 Å². The number of thiophene rings is 1. The fourth-order valence-corrected chi connectivity index (χ4v) is 2.58. The number of carbonyl (C=O) groups excluding carboxylic acids is 1. The zero-order valence-corrected chi connectivity index (χ0v) is 8.70. The third-order valence-corrected chi connectivity index (χ3v) is 3.44. The van der Waals surface area contributed by atoms with Crippen LogP contribution in [0.3, 0.4) is 0 Å². The summed E-state index contributed by atoms with van der Waals surface area (Å²) in [6.07, 6.45) is 0.564. The van der Waals surface area contributed by atoms with Crippen LogP contribution >= 0.6 is 11.3 Å². The number of carbonyl (C=O) groups is 1. The van der Waals surface area contributed by atoms with E-state index in [-0.39, 0.29) is 17.3 Å². The molecule has 80 valence electrons. The summed E-state index contributed by atoms with van der Waals surface area (Å²) in [7, 11) is 0. The zero-order valence-electron chi connectivity index (χ0n) is 7.88. The topological polar surface area (TPSA) is 72.2 Å². The van der Waals surface area contributed by atoms with Crippen LogP contribution in [0.15, 0.2) is 17.5 Å². The average molecular weight is 226 g/mol. The van der Waals surface area contributed by atoms with Crippen molar-refractivity contribution in [2.24, 2.45) is 0 Å². The summed E-state index contributed by atoms with van der Waals surface area (Å²) >= 11 is 1.43. The van der Waals surface area contributed by atoms with Crippen LogP contribution < -0.4 is 5.32 Å². The maximum Gasteiger partial charge on any atom is 0.238 e. The van der Waals surface area contributed by atoms with Gasteiger partial charge in [0.15, 0.2) is 0 Å². The van der Waals surface area contributed by atoms with Gasteiger partial charge in [0.1, 0.15) is 6.04 Å². The molecular weight excluding hydrogens is 216 g/mol. The van der Waals surface area contributed by atoms with E-state index in [1.807, 2.05) is 17.5 Å². The van der Waals surface area contributed by atoms with Crippen molar-refractivity contribution in [3.63, 3.8) is 0 Å². The summed E-state index contributed by atoms with van der Waals surface area (Å²) in [5.41, 5.74) is 0. The number of hydrogen-bond donors (Lipinski definition) is 1. The van der Waals surface area contributed by atoms with Crippen molar-refractivity contribution in [3.8, 4) is 0 Å². The number of nitrogens with zero attached hydrogens (tertiary/aromatic N) is 1. The standard InChI is InChI=1S/C9H10N2O3S/c12-8-4-3-6(11(13)14)9(10-8)7-2-1-5-15-7/h1-2,5-6,9H,3-4H2,(H,10,12)/t6-,9-/m1/s1. The number of hydrogen-bond acceptors (Lipinski definition) is 4. The van der Waals surface area contributed by atoms with Crippen LogP contribution in [0.1, 0.15) is 23.8 Å². The second-order valence-corrected chi connectivity index (χ2v) is 4.43. The molecule has 5 nitrogen and oxygen atoms in total. The average Bonchev–Trinajstić information content (AvgIpc) is 2.69. The lowest BCUT2D eigenvalue weighted by atomic mass is 9.97. The monoisotopic (exact) mass is 226 g/mol. The van der Waals surface area contributed by atoms with Crippen LogP contribution in [-0.4, -0.2) is 16.9 Å². The smallest absolute Gasteiger partial charge is 0.238 e. The molecule has 1 N–H and O–H groups in total. The van der Waals surface area contributed by atoms with E-state index in [0.29, 0.717) is 6.42 Å². The van der Waals surface area contributed by atoms with Gasteiger partial charge in [-0.25, -0.2) is 0 Å². The highest BCUT2D eigenvalue weighted by atomic mass is 32.1. The molecule has 1 aliphatic rings. The molecule has 0 bridgehead atoms. The van der Waals surface area contributed by atoms with Crippen LogP contribution in [0.4, 0.5) is 0 Å². The quantitative estimate of drug-likeness (QED) is 0.611. The number of amides is 1. The number of nitro groups is 1. The summed E-state index contributed by atoms with van der Waals surface area (Å²) in [5, 5.41) is 15.4. The fraction of sp³-hybridized carbons (Fsp3) is 0.444. The van der Waals surface area contributed by atoms with Crippen molar-refractivity contribution in [3.05, 3.63) is 32.5 Å². The lowest BCUT2D eigenvalue weighted by Crippen LogP contribution is -2.44. The van der Waals surface area contributed by atoms with E-state index >= 15 is 0 Å². The Kier molecular flexibility index (Phi) is 2.68. The third kappa shape index (κ3) is 1.99. The maximum atomic E-state index is 11.2. The van der Waals surface area contributed by atoms with E-state index in [4.69, 9.17) is 0 Å². The van der Waals surface area contributed by atoms with Gasteiger partial charge >= 0.3 is 0 Å². The zero-order chi connectivity index (χ0) is 10.8. The van der Waals surface area contributed by atoms with Gasteiger partial charge in [-0.2, -0.15) is 0 Å². The van der Waals surface area contributed by atoms with Crippen LogP contribution in [0.2, 0.25) is 0 Å². The van der Waals surface area contributed by atoms with E-state index in [1.54, 1.807) is 0 Å². The number of rotatable bonds is 2. The van der Waals surface area contributed by atoms with E-state index < -0.39 is 12.1 Å². The lowest BCUT2D eigenvalue weighted by Gasteiger charge is -2.25. The van der Waals surface area contributed by atoms with Gasteiger partial charge in [-0.3, -0.25) is 14.9 Å². The molecule has 6 heteroatoms. The van der Waals surface area contributed by atoms with Gasteiger partial charge in [-0.1, -0.05) is 6.07 Å². The van der Waals surface area contributed by atoms with Crippen molar-refractivity contribution >= 4 is 17.2 Å². The largest absolute Gasteiger partial charge is 0.342 e. The maximum absolute atomic E-state index is 11.2. The Morgan fingerprint density at radius 3 is 3.00 bits per heavy atom. The second kappa shape index (κ2) is 3.98. The third-order valence-electron chi connectivity index (χ3n) is 2.49. The van der Waals surface area contributed by atoms with E-state index in [9.17, 15) is 14.9 Å². The first-order chi connectivity index (χ1) is 7.18. The van der Waals surface area contributed by atoms with Gasteiger partial charge in [0.05, 0.1) is 0 Å². The van der Waals surface area contributed by atoms with E-state index in [2.05, 4.69) is 5.32 Å². The Hall–Kier alpha value is -1.43. The molecule has 2 rings (SSSR count). The molecule has 0 saturated carbocycles. The minimum Gasteiger partial charge on any atom is -0.342 e. The second-order valence-electron chi connectivity index (χ2n) is 3.45. The van der Waals surface area contributed by atoms with Crippen molar-refractivity contribution < 1.29 is 9.72 Å². The van der Waals surface area contributed by atoms with Gasteiger partial charge in [-0.05, 0) is 11.4 Å². The number of piperidine rings is 1. The predicted molar refractivity (Wildman–Crippen MR) is 55.2 cm³/mol. The summed E-state index contributed by atoms with van der Waals surface area (Å²) in [6, 6.07) is 2.50. The summed E-state index contributed by atoms with van der Waals surface area (Å²) in [5.74, 6) is -0.105. The molecule has 1 saturated heterocycles. The van der Waals surface area contributed by atoms with Crippen LogP contribution in [0, 0.1) is 10.1 Å². The molecule has 1 aromatic rings. The van der Waals surface area contributed by atoms with Crippen LogP contribution in [0.5, 0.6) is 0 Å². The molecule has 1 aromatic heterocycles. The summed E-state index contributed by atoms with van der Waals surface area (Å²) in [6.45, 7) is 0. The molecule has 1 aliphatic heterocycles. The Bertz CT molecular complexity index is 377. The Labute approximate surface area is 90.3 Å². The first-order valence-corrected chi connectivity index (χ1v) is 5.52. The molecule has 0 radical (unpaired) electrons. The van der Waals surface area contributed by atoms with Crippen molar-refractivity contribution in [1.29, 1.82) is 0 Å². The van der Waals surface area contributed by atoms with Gasteiger partial charge in [0, 0.05) is 22.6 Å².